The van der Waals surface area contributed by atoms with Crippen LogP contribution in [0, 0.1) is 6.92 Å². The van der Waals surface area contributed by atoms with Crippen LogP contribution < -0.4 is 0 Å². The van der Waals surface area contributed by atoms with Crippen molar-refractivity contribution >= 4 is 12.2 Å². The van der Waals surface area contributed by atoms with E-state index in [1.165, 1.54) is 0 Å². The van der Waals surface area contributed by atoms with Gasteiger partial charge in [-0.1, -0.05) is 24.8 Å². The first kappa shape index (κ1) is 8.72. The summed E-state index contributed by atoms with van der Waals surface area (Å²) in [7, 11) is 0. The van der Waals surface area contributed by atoms with Gasteiger partial charge in [-0.05, 0) is 31.6 Å². The van der Waals surface area contributed by atoms with Crippen LogP contribution in [0.15, 0.2) is 24.8 Å². The van der Waals surface area contributed by atoms with Gasteiger partial charge in [0.05, 0.1) is 5.69 Å². The Morgan fingerprint density at radius 2 is 2.17 bits per heavy atom. The number of allylic oxidation sites excluding steroid dienone is 1. The Morgan fingerprint density at radius 1 is 1.42 bits per heavy atom. The number of hydrogen-bond acceptors (Lipinski definition) is 1. The first-order valence-corrected chi connectivity index (χ1v) is 4.00. The molecule has 0 amide bonds. The van der Waals surface area contributed by atoms with Gasteiger partial charge >= 0.3 is 0 Å². The molecule has 0 saturated heterocycles. The summed E-state index contributed by atoms with van der Waals surface area (Å²) < 4.78 is 0. The Balaban J connectivity index is 3.20. The Morgan fingerprint density at radius 3 is 2.75 bits per heavy atom. The van der Waals surface area contributed by atoms with E-state index in [9.17, 15) is 0 Å². The third-order valence-electron chi connectivity index (χ3n) is 1.64. The van der Waals surface area contributed by atoms with Crippen molar-refractivity contribution in [2.24, 2.45) is 0 Å². The largest absolute Gasteiger partial charge is 0.253 e. The zero-order valence-electron chi connectivity index (χ0n) is 7.54. The molecule has 0 aliphatic carbocycles. The highest BCUT2D eigenvalue weighted by molar-refractivity contribution is 5.61. The smallest absolute Gasteiger partial charge is 0.0701 e. The molecule has 0 aliphatic heterocycles. The number of aromatic nitrogens is 1. The van der Waals surface area contributed by atoms with Crippen LogP contribution in [0.3, 0.4) is 0 Å². The molecule has 0 aromatic carbocycles. The van der Waals surface area contributed by atoms with E-state index in [1.807, 2.05) is 44.2 Å². The zero-order valence-corrected chi connectivity index (χ0v) is 7.54. The van der Waals surface area contributed by atoms with E-state index in [4.69, 9.17) is 0 Å². The van der Waals surface area contributed by atoms with E-state index >= 15 is 0 Å². The monoisotopic (exact) mass is 159 g/mol. The quantitative estimate of drug-likeness (QED) is 0.646. The predicted molar refractivity (Wildman–Crippen MR) is 53.8 cm³/mol. The maximum atomic E-state index is 4.38. The summed E-state index contributed by atoms with van der Waals surface area (Å²) in [6.07, 6.45) is 5.79. The molecule has 1 heteroatoms. The highest BCUT2D eigenvalue weighted by atomic mass is 14.7. The molecular formula is C11H13N. The Hall–Kier alpha value is -1.37. The fraction of sp³-hybridized carbons (Fsp3) is 0.182. The van der Waals surface area contributed by atoms with Crippen molar-refractivity contribution in [1.82, 2.24) is 4.98 Å². The maximum absolute atomic E-state index is 4.38. The van der Waals surface area contributed by atoms with Gasteiger partial charge in [-0.3, -0.25) is 4.98 Å². The van der Waals surface area contributed by atoms with Crippen LogP contribution in [-0.2, 0) is 0 Å². The average molecular weight is 159 g/mol. The molecule has 1 heterocycles. The van der Waals surface area contributed by atoms with E-state index < -0.39 is 0 Å². The molecule has 62 valence electrons. The van der Waals surface area contributed by atoms with Crippen LogP contribution in [-0.4, -0.2) is 4.98 Å². The molecular weight excluding hydrogens is 146 g/mol. The third kappa shape index (κ3) is 1.82. The second-order valence-electron chi connectivity index (χ2n) is 2.63. The van der Waals surface area contributed by atoms with E-state index in [0.29, 0.717) is 0 Å². The molecule has 0 fully saturated rings. The maximum Gasteiger partial charge on any atom is 0.0701 e. The molecule has 0 atom stereocenters. The van der Waals surface area contributed by atoms with Crippen LogP contribution >= 0.6 is 0 Å². The molecule has 0 aliphatic rings. The first-order valence-electron chi connectivity index (χ1n) is 4.00. The third-order valence-corrected chi connectivity index (χ3v) is 1.64. The van der Waals surface area contributed by atoms with Crippen LogP contribution in [0.1, 0.15) is 23.9 Å². The van der Waals surface area contributed by atoms with Gasteiger partial charge < -0.3 is 0 Å². The first-order chi connectivity index (χ1) is 5.77. The van der Waals surface area contributed by atoms with Gasteiger partial charge in [0.25, 0.3) is 0 Å². The fourth-order valence-electron chi connectivity index (χ4n) is 1.05. The minimum atomic E-state index is 0.993. The van der Waals surface area contributed by atoms with E-state index in [1.54, 1.807) is 0 Å². The lowest BCUT2D eigenvalue weighted by molar-refractivity contribution is 1.17. The Bertz CT molecular complexity index is 311. The molecule has 0 unspecified atom stereocenters. The van der Waals surface area contributed by atoms with Gasteiger partial charge in [-0.2, -0.15) is 0 Å². The summed E-state index contributed by atoms with van der Waals surface area (Å²) in [5, 5.41) is 0. The lowest BCUT2D eigenvalue weighted by atomic mass is 10.1. The highest BCUT2D eigenvalue weighted by Gasteiger charge is 1.95. The molecule has 1 rings (SSSR count). The van der Waals surface area contributed by atoms with Crippen LogP contribution in [0.4, 0.5) is 0 Å². The Labute approximate surface area is 73.5 Å². The summed E-state index contributed by atoms with van der Waals surface area (Å²) in [6.45, 7) is 7.70. The summed E-state index contributed by atoms with van der Waals surface area (Å²) in [5.74, 6) is 0. The van der Waals surface area contributed by atoms with Crippen molar-refractivity contribution in [2.45, 2.75) is 13.8 Å². The van der Waals surface area contributed by atoms with Gasteiger partial charge in [0.15, 0.2) is 0 Å². The fourth-order valence-corrected chi connectivity index (χ4v) is 1.05. The van der Waals surface area contributed by atoms with Gasteiger partial charge in [-0.15, -0.1) is 0 Å². The molecule has 0 bridgehead atoms. The summed E-state index contributed by atoms with van der Waals surface area (Å²) >= 11 is 0. The van der Waals surface area contributed by atoms with Crippen LogP contribution in [0.2, 0.25) is 0 Å². The van der Waals surface area contributed by atoms with Gasteiger partial charge in [0.1, 0.15) is 0 Å². The van der Waals surface area contributed by atoms with Crippen molar-refractivity contribution < 1.29 is 0 Å². The number of aryl methyl sites for hydroxylation is 1. The predicted octanol–water partition coefficient (Wildman–Crippen LogP) is 3.07. The van der Waals surface area contributed by atoms with Crippen molar-refractivity contribution in [2.75, 3.05) is 0 Å². The normalized spacial score (nSPS) is 10.5. The van der Waals surface area contributed by atoms with Crippen LogP contribution in [0.25, 0.3) is 12.2 Å². The molecule has 1 nitrogen and oxygen atoms in total. The Kier molecular flexibility index (Phi) is 2.81. The number of nitrogens with zero attached hydrogens (tertiary/aromatic N) is 1. The molecule has 1 aromatic rings. The van der Waals surface area contributed by atoms with Gasteiger partial charge in [0, 0.05) is 5.69 Å². The minimum absolute atomic E-state index is 0.993. The van der Waals surface area contributed by atoms with E-state index in [-0.39, 0.29) is 0 Å². The van der Waals surface area contributed by atoms with Gasteiger partial charge in [-0.25, -0.2) is 0 Å². The van der Waals surface area contributed by atoms with E-state index in [0.717, 1.165) is 17.0 Å². The molecule has 12 heavy (non-hydrogen) atoms. The van der Waals surface area contributed by atoms with Crippen molar-refractivity contribution in [3.63, 3.8) is 0 Å². The highest BCUT2D eigenvalue weighted by Crippen LogP contribution is 2.10. The molecule has 0 N–H and O–H groups in total. The van der Waals surface area contributed by atoms with Crippen molar-refractivity contribution in [1.29, 1.82) is 0 Å². The second kappa shape index (κ2) is 3.86. The average Bonchev–Trinajstić information content (AvgIpc) is 2.05. The summed E-state index contributed by atoms with van der Waals surface area (Å²) in [5.41, 5.74) is 3.11. The van der Waals surface area contributed by atoms with Crippen molar-refractivity contribution in [3.8, 4) is 0 Å². The van der Waals surface area contributed by atoms with Crippen LogP contribution in [0.5, 0.6) is 0 Å². The number of rotatable bonds is 2. The molecule has 0 spiro atoms. The number of pyridine rings is 1. The molecule has 0 saturated carbocycles. The SMILES string of the molecule is C=Cc1ccc(C)nc1/C=C\C. The number of hydrogen-bond donors (Lipinski definition) is 0. The second-order valence-corrected chi connectivity index (χ2v) is 2.63. The lowest BCUT2D eigenvalue weighted by Gasteiger charge is -2.00. The van der Waals surface area contributed by atoms with Crippen molar-refractivity contribution in [3.05, 3.63) is 41.7 Å². The minimum Gasteiger partial charge on any atom is -0.253 e. The standard InChI is InChI=1S/C11H13N/c1-4-6-11-10(5-2)8-7-9(3)12-11/h4-8H,2H2,1,3H3/b6-4-. The lowest BCUT2D eigenvalue weighted by Crippen LogP contribution is -1.88. The topological polar surface area (TPSA) is 12.9 Å². The summed E-state index contributed by atoms with van der Waals surface area (Å²) in [6, 6.07) is 4.02. The van der Waals surface area contributed by atoms with Gasteiger partial charge in [0.2, 0.25) is 0 Å². The van der Waals surface area contributed by atoms with E-state index in [2.05, 4.69) is 11.6 Å². The zero-order chi connectivity index (χ0) is 8.97. The molecule has 0 radical (unpaired) electrons. The molecule has 1 aromatic heterocycles. The summed E-state index contributed by atoms with van der Waals surface area (Å²) in [4.78, 5) is 4.38.